The number of halogens is 2. The van der Waals surface area contributed by atoms with Crippen molar-refractivity contribution < 1.29 is 8.78 Å². The molecule has 14 heavy (non-hydrogen) atoms. The molecule has 1 nitrogen and oxygen atoms in total. The standard InChI is InChI=1S/C11H11F2N/c1-6(2)10-5-7-9(14-10)4-3-8(12)11(7)13/h3-6,14H,1-2H3. The number of H-pyrrole nitrogens is 1. The highest BCUT2D eigenvalue weighted by Crippen LogP contribution is 2.24. The Morgan fingerprint density at radius 2 is 1.93 bits per heavy atom. The van der Waals surface area contributed by atoms with Gasteiger partial charge in [0, 0.05) is 16.6 Å². The lowest BCUT2D eigenvalue weighted by Crippen LogP contribution is -1.84. The Morgan fingerprint density at radius 3 is 2.57 bits per heavy atom. The van der Waals surface area contributed by atoms with Crippen molar-refractivity contribution in [1.29, 1.82) is 0 Å². The van der Waals surface area contributed by atoms with Crippen LogP contribution in [0, 0.1) is 11.6 Å². The molecule has 2 rings (SSSR count). The molecule has 1 aromatic heterocycles. The van der Waals surface area contributed by atoms with E-state index in [2.05, 4.69) is 4.98 Å². The van der Waals surface area contributed by atoms with Crippen molar-refractivity contribution in [2.24, 2.45) is 0 Å². The molecule has 0 saturated carbocycles. The number of aromatic nitrogens is 1. The lowest BCUT2D eigenvalue weighted by Gasteiger charge is -1.97. The Balaban J connectivity index is 2.71. The molecule has 0 aliphatic carbocycles. The monoisotopic (exact) mass is 195 g/mol. The zero-order chi connectivity index (χ0) is 10.3. The molecule has 0 aliphatic rings. The summed E-state index contributed by atoms with van der Waals surface area (Å²) < 4.78 is 26.2. The largest absolute Gasteiger partial charge is 0.358 e. The normalized spacial score (nSPS) is 11.5. The van der Waals surface area contributed by atoms with Gasteiger partial charge in [-0.15, -0.1) is 0 Å². The van der Waals surface area contributed by atoms with Gasteiger partial charge in [0.05, 0.1) is 0 Å². The number of hydrogen-bond donors (Lipinski definition) is 1. The van der Waals surface area contributed by atoms with Crippen LogP contribution in [0.3, 0.4) is 0 Å². The van der Waals surface area contributed by atoms with Gasteiger partial charge in [-0.25, -0.2) is 8.78 Å². The van der Waals surface area contributed by atoms with Crippen LogP contribution in [0.25, 0.3) is 10.9 Å². The zero-order valence-corrected chi connectivity index (χ0v) is 8.07. The average molecular weight is 195 g/mol. The van der Waals surface area contributed by atoms with Crippen molar-refractivity contribution in [2.45, 2.75) is 19.8 Å². The molecule has 0 fully saturated rings. The fourth-order valence-electron chi connectivity index (χ4n) is 1.47. The van der Waals surface area contributed by atoms with Gasteiger partial charge in [0.2, 0.25) is 0 Å². The van der Waals surface area contributed by atoms with Crippen LogP contribution in [0.4, 0.5) is 8.78 Å². The molecule has 3 heteroatoms. The minimum atomic E-state index is -0.799. The first-order valence-electron chi connectivity index (χ1n) is 4.56. The summed E-state index contributed by atoms with van der Waals surface area (Å²) in [4.78, 5) is 3.06. The zero-order valence-electron chi connectivity index (χ0n) is 8.07. The lowest BCUT2D eigenvalue weighted by molar-refractivity contribution is 0.517. The maximum absolute atomic E-state index is 13.3. The van der Waals surface area contributed by atoms with E-state index in [9.17, 15) is 8.78 Å². The van der Waals surface area contributed by atoms with Crippen molar-refractivity contribution in [2.75, 3.05) is 0 Å². The summed E-state index contributed by atoms with van der Waals surface area (Å²) >= 11 is 0. The minimum absolute atomic E-state index is 0.282. The number of hydrogen-bond acceptors (Lipinski definition) is 0. The van der Waals surface area contributed by atoms with Crippen molar-refractivity contribution in [3.05, 3.63) is 35.5 Å². The summed E-state index contributed by atoms with van der Waals surface area (Å²) in [7, 11) is 0. The highest BCUT2D eigenvalue weighted by Gasteiger charge is 2.11. The topological polar surface area (TPSA) is 15.8 Å². The Bertz CT molecular complexity index is 471. The summed E-state index contributed by atoms with van der Waals surface area (Å²) in [5.41, 5.74) is 1.57. The van der Waals surface area contributed by atoms with Gasteiger partial charge in [-0.3, -0.25) is 0 Å². The van der Waals surface area contributed by atoms with Crippen LogP contribution >= 0.6 is 0 Å². The first kappa shape index (κ1) is 9.19. The molecular formula is C11H11F2N. The quantitative estimate of drug-likeness (QED) is 0.716. The van der Waals surface area contributed by atoms with E-state index in [1.807, 2.05) is 13.8 Å². The third-order valence-corrected chi connectivity index (χ3v) is 2.33. The number of aromatic amines is 1. The maximum Gasteiger partial charge on any atom is 0.168 e. The lowest BCUT2D eigenvalue weighted by atomic mass is 10.1. The Kier molecular flexibility index (Phi) is 2.02. The first-order chi connectivity index (χ1) is 6.59. The van der Waals surface area contributed by atoms with Crippen molar-refractivity contribution in [3.8, 4) is 0 Å². The average Bonchev–Trinajstić information content (AvgIpc) is 2.56. The van der Waals surface area contributed by atoms with E-state index in [1.165, 1.54) is 0 Å². The van der Waals surface area contributed by atoms with E-state index in [4.69, 9.17) is 0 Å². The van der Waals surface area contributed by atoms with Gasteiger partial charge in [-0.1, -0.05) is 13.8 Å². The fraction of sp³-hybridized carbons (Fsp3) is 0.273. The van der Waals surface area contributed by atoms with E-state index in [1.54, 1.807) is 12.1 Å². The molecule has 0 atom stereocenters. The first-order valence-corrected chi connectivity index (χ1v) is 4.56. The predicted octanol–water partition coefficient (Wildman–Crippen LogP) is 3.57. The Labute approximate surface area is 80.7 Å². The molecule has 0 unspecified atom stereocenters. The van der Waals surface area contributed by atoms with Gasteiger partial charge in [0.15, 0.2) is 11.6 Å². The molecule has 0 spiro atoms. The third kappa shape index (κ3) is 1.29. The summed E-state index contributed by atoms with van der Waals surface area (Å²) in [6.07, 6.45) is 0. The molecule has 2 aromatic rings. The molecule has 1 aromatic carbocycles. The molecule has 0 aliphatic heterocycles. The SMILES string of the molecule is CC(C)c1cc2c(F)c(F)ccc2[nH]1. The predicted molar refractivity (Wildman–Crippen MR) is 52.3 cm³/mol. The van der Waals surface area contributed by atoms with Crippen molar-refractivity contribution in [3.63, 3.8) is 0 Å². The summed E-state index contributed by atoms with van der Waals surface area (Å²) in [5.74, 6) is -1.29. The van der Waals surface area contributed by atoms with Gasteiger partial charge in [-0.2, -0.15) is 0 Å². The summed E-state index contributed by atoms with van der Waals surface area (Å²) in [6, 6.07) is 4.36. The molecule has 1 heterocycles. The van der Waals surface area contributed by atoms with Crippen LogP contribution in [-0.2, 0) is 0 Å². The van der Waals surface area contributed by atoms with Gasteiger partial charge in [0.1, 0.15) is 0 Å². The Hall–Kier alpha value is -1.38. The second-order valence-electron chi connectivity index (χ2n) is 3.70. The minimum Gasteiger partial charge on any atom is -0.358 e. The molecular weight excluding hydrogens is 184 g/mol. The van der Waals surface area contributed by atoms with Crippen LogP contribution < -0.4 is 0 Å². The molecule has 1 N–H and O–H groups in total. The highest BCUT2D eigenvalue weighted by molar-refractivity contribution is 5.81. The molecule has 74 valence electrons. The number of nitrogens with one attached hydrogen (secondary N) is 1. The van der Waals surface area contributed by atoms with Crippen LogP contribution in [0.15, 0.2) is 18.2 Å². The van der Waals surface area contributed by atoms with Crippen molar-refractivity contribution in [1.82, 2.24) is 4.98 Å². The van der Waals surface area contributed by atoms with Crippen molar-refractivity contribution >= 4 is 10.9 Å². The van der Waals surface area contributed by atoms with Crippen LogP contribution in [0.5, 0.6) is 0 Å². The van der Waals surface area contributed by atoms with E-state index < -0.39 is 11.6 Å². The van der Waals surface area contributed by atoms with Gasteiger partial charge in [0.25, 0.3) is 0 Å². The van der Waals surface area contributed by atoms with Crippen LogP contribution in [0.2, 0.25) is 0 Å². The van der Waals surface area contributed by atoms with Gasteiger partial charge < -0.3 is 4.98 Å². The van der Waals surface area contributed by atoms with E-state index in [0.29, 0.717) is 10.9 Å². The highest BCUT2D eigenvalue weighted by atomic mass is 19.2. The van der Waals surface area contributed by atoms with Gasteiger partial charge >= 0.3 is 0 Å². The summed E-state index contributed by atoms with van der Waals surface area (Å²) in [6.45, 7) is 4.00. The number of benzene rings is 1. The fourth-order valence-corrected chi connectivity index (χ4v) is 1.47. The second-order valence-corrected chi connectivity index (χ2v) is 3.70. The second kappa shape index (κ2) is 3.08. The summed E-state index contributed by atoms with van der Waals surface area (Å²) in [5, 5.41) is 0.328. The molecule has 0 saturated heterocycles. The van der Waals surface area contributed by atoms with E-state index in [0.717, 1.165) is 11.8 Å². The third-order valence-electron chi connectivity index (χ3n) is 2.33. The smallest absolute Gasteiger partial charge is 0.168 e. The van der Waals surface area contributed by atoms with Crippen LogP contribution in [0.1, 0.15) is 25.5 Å². The number of fused-ring (bicyclic) bond motifs is 1. The van der Waals surface area contributed by atoms with E-state index in [-0.39, 0.29) is 5.92 Å². The Morgan fingerprint density at radius 1 is 1.21 bits per heavy atom. The molecule has 0 bridgehead atoms. The van der Waals surface area contributed by atoms with Crippen LogP contribution in [-0.4, -0.2) is 4.98 Å². The number of rotatable bonds is 1. The van der Waals surface area contributed by atoms with E-state index >= 15 is 0 Å². The maximum atomic E-state index is 13.3. The van der Waals surface area contributed by atoms with Gasteiger partial charge in [-0.05, 0) is 24.1 Å². The molecule has 0 radical (unpaired) electrons. The molecule has 0 amide bonds.